The van der Waals surface area contributed by atoms with Gasteiger partial charge in [-0.3, -0.25) is 4.90 Å². The highest BCUT2D eigenvalue weighted by atomic mass is 16.3. The quantitative estimate of drug-likeness (QED) is 0.776. The summed E-state index contributed by atoms with van der Waals surface area (Å²) in [7, 11) is 1.95. The van der Waals surface area contributed by atoms with Gasteiger partial charge in [0.1, 0.15) is 0 Å². The molecule has 0 aromatic heterocycles. The van der Waals surface area contributed by atoms with Gasteiger partial charge in [-0.15, -0.1) is 0 Å². The Morgan fingerprint density at radius 3 is 2.80 bits per heavy atom. The minimum atomic E-state index is 0.324. The zero-order valence-corrected chi connectivity index (χ0v) is 9.11. The fraction of sp³-hybridized carbons (Fsp3) is 0.500. The second kappa shape index (κ2) is 4.64. The van der Waals surface area contributed by atoms with E-state index in [0.717, 1.165) is 19.6 Å². The summed E-state index contributed by atoms with van der Waals surface area (Å²) >= 11 is 0. The van der Waals surface area contributed by atoms with Crippen LogP contribution in [0.25, 0.3) is 0 Å². The molecule has 2 rings (SSSR count). The summed E-state index contributed by atoms with van der Waals surface area (Å²) in [5.74, 6) is 0.492. The molecule has 0 aliphatic carbocycles. The maximum absolute atomic E-state index is 8.93. The normalized spacial score (nSPS) is 17.5. The van der Waals surface area contributed by atoms with Crippen molar-refractivity contribution >= 4 is 5.69 Å². The predicted molar refractivity (Wildman–Crippen MR) is 61.8 cm³/mol. The van der Waals surface area contributed by atoms with E-state index in [0.29, 0.717) is 12.5 Å². The van der Waals surface area contributed by atoms with Crippen molar-refractivity contribution in [1.29, 1.82) is 0 Å². The zero-order chi connectivity index (χ0) is 10.7. The Balaban J connectivity index is 1.94. The lowest BCUT2D eigenvalue weighted by molar-refractivity contribution is 0.0481. The number of rotatable bonds is 4. The number of aliphatic hydroxyl groups excluding tert-OH is 1. The van der Waals surface area contributed by atoms with Crippen LogP contribution in [-0.4, -0.2) is 36.8 Å². The Hall–Kier alpha value is -1.06. The third-order valence-corrected chi connectivity index (χ3v) is 2.97. The van der Waals surface area contributed by atoms with Gasteiger partial charge in [0.05, 0.1) is 0 Å². The highest BCUT2D eigenvalue weighted by Crippen LogP contribution is 2.22. The van der Waals surface area contributed by atoms with Crippen LogP contribution < -0.4 is 5.32 Å². The summed E-state index contributed by atoms with van der Waals surface area (Å²) < 4.78 is 0. The Morgan fingerprint density at radius 2 is 2.13 bits per heavy atom. The Morgan fingerprint density at radius 1 is 1.40 bits per heavy atom. The lowest BCUT2D eigenvalue weighted by Gasteiger charge is -2.38. The number of aliphatic hydroxyl groups is 1. The van der Waals surface area contributed by atoms with Crippen LogP contribution in [0.1, 0.15) is 5.56 Å². The van der Waals surface area contributed by atoms with E-state index < -0.39 is 0 Å². The van der Waals surface area contributed by atoms with Gasteiger partial charge in [-0.05, 0) is 11.6 Å². The third-order valence-electron chi connectivity index (χ3n) is 2.97. The lowest BCUT2D eigenvalue weighted by Crippen LogP contribution is -2.47. The van der Waals surface area contributed by atoms with Gasteiger partial charge in [-0.2, -0.15) is 0 Å². The van der Waals surface area contributed by atoms with Gasteiger partial charge in [-0.1, -0.05) is 18.2 Å². The summed E-state index contributed by atoms with van der Waals surface area (Å²) in [6.45, 7) is 3.35. The van der Waals surface area contributed by atoms with E-state index >= 15 is 0 Å². The molecular weight excluding hydrogens is 188 g/mol. The van der Waals surface area contributed by atoms with E-state index in [4.69, 9.17) is 5.11 Å². The summed E-state index contributed by atoms with van der Waals surface area (Å²) in [4.78, 5) is 2.36. The van der Waals surface area contributed by atoms with Crippen molar-refractivity contribution < 1.29 is 5.11 Å². The number of nitrogens with zero attached hydrogens (tertiary/aromatic N) is 1. The van der Waals surface area contributed by atoms with Crippen molar-refractivity contribution in [2.75, 3.05) is 32.1 Å². The van der Waals surface area contributed by atoms with Crippen LogP contribution in [-0.2, 0) is 6.54 Å². The first-order chi connectivity index (χ1) is 7.33. The van der Waals surface area contributed by atoms with Crippen molar-refractivity contribution in [2.45, 2.75) is 6.54 Å². The van der Waals surface area contributed by atoms with E-state index in [2.05, 4.69) is 28.4 Å². The van der Waals surface area contributed by atoms with E-state index in [1.54, 1.807) is 0 Å². The molecule has 1 aromatic rings. The predicted octanol–water partition coefficient (Wildman–Crippen LogP) is 1.15. The molecule has 1 aliphatic rings. The molecule has 2 N–H and O–H groups in total. The molecule has 3 heteroatoms. The number of benzene rings is 1. The van der Waals surface area contributed by atoms with Crippen LogP contribution in [0.3, 0.4) is 0 Å². The zero-order valence-electron chi connectivity index (χ0n) is 9.11. The van der Waals surface area contributed by atoms with Crippen molar-refractivity contribution in [1.82, 2.24) is 4.90 Å². The molecule has 82 valence electrons. The molecule has 0 bridgehead atoms. The van der Waals surface area contributed by atoms with Crippen LogP contribution in [0.5, 0.6) is 0 Å². The summed E-state index contributed by atoms with van der Waals surface area (Å²) in [5.41, 5.74) is 2.53. The van der Waals surface area contributed by atoms with E-state index in [9.17, 15) is 0 Å². The molecule has 15 heavy (non-hydrogen) atoms. The van der Waals surface area contributed by atoms with Gasteiger partial charge in [0, 0.05) is 44.9 Å². The van der Waals surface area contributed by atoms with Gasteiger partial charge < -0.3 is 10.4 Å². The Labute approximate surface area is 90.7 Å². The summed E-state index contributed by atoms with van der Waals surface area (Å²) in [5, 5.41) is 12.1. The molecule has 0 atom stereocenters. The molecule has 0 radical (unpaired) electrons. The van der Waals surface area contributed by atoms with Crippen LogP contribution in [0.2, 0.25) is 0 Å². The van der Waals surface area contributed by atoms with Crippen LogP contribution in [0.4, 0.5) is 5.69 Å². The first-order valence-corrected chi connectivity index (χ1v) is 5.42. The molecule has 0 amide bonds. The smallest absolute Gasteiger partial charge is 0.0483 e. The molecule has 0 saturated carbocycles. The van der Waals surface area contributed by atoms with Gasteiger partial charge >= 0.3 is 0 Å². The fourth-order valence-electron chi connectivity index (χ4n) is 2.06. The van der Waals surface area contributed by atoms with Gasteiger partial charge in [0.15, 0.2) is 0 Å². The summed E-state index contributed by atoms with van der Waals surface area (Å²) in [6, 6.07) is 8.36. The molecule has 3 nitrogen and oxygen atoms in total. The fourth-order valence-corrected chi connectivity index (χ4v) is 2.06. The standard InChI is InChI=1S/C12H18N2O/c1-13-12-5-3-2-4-11(12)8-14-6-10(7-14)9-15/h2-5,10,13,15H,6-9H2,1H3. The Bertz CT molecular complexity index is 321. The first-order valence-electron chi connectivity index (χ1n) is 5.42. The van der Waals surface area contributed by atoms with E-state index in [1.807, 2.05) is 13.1 Å². The minimum absolute atomic E-state index is 0.324. The van der Waals surface area contributed by atoms with Gasteiger partial charge in [0.2, 0.25) is 0 Å². The molecule has 1 saturated heterocycles. The van der Waals surface area contributed by atoms with Crippen LogP contribution in [0, 0.1) is 5.92 Å². The average Bonchev–Trinajstić information content (AvgIpc) is 2.23. The van der Waals surface area contributed by atoms with Crippen LogP contribution >= 0.6 is 0 Å². The molecule has 0 unspecified atom stereocenters. The number of nitrogens with one attached hydrogen (secondary N) is 1. The minimum Gasteiger partial charge on any atom is -0.396 e. The molecule has 1 aliphatic heterocycles. The highest BCUT2D eigenvalue weighted by molar-refractivity contribution is 5.50. The molecule has 1 fully saturated rings. The lowest BCUT2D eigenvalue weighted by atomic mass is 10.00. The first kappa shape index (κ1) is 10.5. The molecule has 1 heterocycles. The Kier molecular flexibility index (Phi) is 3.23. The second-order valence-electron chi connectivity index (χ2n) is 4.15. The van der Waals surface area contributed by atoms with Gasteiger partial charge in [-0.25, -0.2) is 0 Å². The number of para-hydroxylation sites is 1. The van der Waals surface area contributed by atoms with E-state index in [1.165, 1.54) is 11.3 Å². The third kappa shape index (κ3) is 2.30. The molecule has 0 spiro atoms. The highest BCUT2D eigenvalue weighted by Gasteiger charge is 2.25. The number of likely N-dealkylation sites (tertiary alicyclic amines) is 1. The largest absolute Gasteiger partial charge is 0.396 e. The van der Waals surface area contributed by atoms with Crippen molar-refractivity contribution in [3.8, 4) is 0 Å². The van der Waals surface area contributed by atoms with Crippen LogP contribution in [0.15, 0.2) is 24.3 Å². The number of hydrogen-bond donors (Lipinski definition) is 2. The SMILES string of the molecule is CNc1ccccc1CN1CC(CO)C1. The van der Waals surface area contributed by atoms with Gasteiger partial charge in [0.25, 0.3) is 0 Å². The molecular formula is C12H18N2O. The maximum Gasteiger partial charge on any atom is 0.0483 e. The molecule has 1 aromatic carbocycles. The van der Waals surface area contributed by atoms with Crippen molar-refractivity contribution in [2.24, 2.45) is 5.92 Å². The van der Waals surface area contributed by atoms with E-state index in [-0.39, 0.29) is 0 Å². The topological polar surface area (TPSA) is 35.5 Å². The number of anilines is 1. The monoisotopic (exact) mass is 206 g/mol. The summed E-state index contributed by atoms with van der Waals surface area (Å²) in [6.07, 6.45) is 0. The van der Waals surface area contributed by atoms with Crippen molar-refractivity contribution in [3.05, 3.63) is 29.8 Å². The van der Waals surface area contributed by atoms with Crippen molar-refractivity contribution in [3.63, 3.8) is 0 Å². The maximum atomic E-state index is 8.93. The number of hydrogen-bond acceptors (Lipinski definition) is 3. The average molecular weight is 206 g/mol. The second-order valence-corrected chi connectivity index (χ2v) is 4.15.